The van der Waals surface area contributed by atoms with Gasteiger partial charge in [0.25, 0.3) is 0 Å². The maximum absolute atomic E-state index is 4.85. The number of nitrogens with one attached hydrogen (secondary N) is 3. The number of rotatable bonds is 4. The minimum Gasteiger partial charge on any atom is -0.278 e. The van der Waals surface area contributed by atoms with Crippen molar-refractivity contribution in [1.29, 1.82) is 0 Å². The van der Waals surface area contributed by atoms with Gasteiger partial charge in [0.15, 0.2) is 0 Å². The van der Waals surface area contributed by atoms with Gasteiger partial charge in [-0.05, 0) is 42.8 Å². The normalized spacial score (nSPS) is 11.1. The van der Waals surface area contributed by atoms with Crippen molar-refractivity contribution in [1.82, 2.24) is 40.4 Å². The average Bonchev–Trinajstić information content (AvgIpc) is 3.48. The molecule has 3 N–H and O–H groups in total. The second kappa shape index (κ2) is 6.10. The fourth-order valence-electron chi connectivity index (χ4n) is 3.25. The second-order valence-electron chi connectivity index (χ2n) is 6.18. The third kappa shape index (κ3) is 2.54. The van der Waals surface area contributed by atoms with Crippen LogP contribution in [-0.2, 0) is 0 Å². The number of nitrogens with zero attached hydrogens (tertiary/aromatic N) is 5. The summed E-state index contributed by atoms with van der Waals surface area (Å²) >= 11 is 0. The van der Waals surface area contributed by atoms with Gasteiger partial charge in [0, 0.05) is 18.6 Å². The van der Waals surface area contributed by atoms with E-state index in [1.54, 1.807) is 18.6 Å². The van der Waals surface area contributed by atoms with Gasteiger partial charge >= 0.3 is 0 Å². The average molecular weight is 356 g/mol. The smallest absolute Gasteiger partial charge is 0.120 e. The Bertz CT molecular complexity index is 1150. The summed E-state index contributed by atoms with van der Waals surface area (Å²) in [7, 11) is 0. The molecule has 0 amide bonds. The van der Waals surface area contributed by atoms with E-state index in [2.05, 4.69) is 42.7 Å². The van der Waals surface area contributed by atoms with Crippen LogP contribution in [0.2, 0.25) is 0 Å². The van der Waals surface area contributed by atoms with Crippen LogP contribution in [0.15, 0.2) is 61.1 Å². The predicted molar refractivity (Wildman–Crippen MR) is 101 cm³/mol. The maximum Gasteiger partial charge on any atom is 0.120 e. The summed E-state index contributed by atoms with van der Waals surface area (Å²) in [6.45, 7) is 2.05. The molecule has 4 heterocycles. The van der Waals surface area contributed by atoms with Crippen LogP contribution in [0, 0.1) is 6.92 Å². The molecule has 0 saturated heterocycles. The van der Waals surface area contributed by atoms with Gasteiger partial charge in [-0.1, -0.05) is 12.1 Å². The van der Waals surface area contributed by atoms with E-state index in [1.165, 1.54) is 0 Å². The van der Waals surface area contributed by atoms with Crippen LogP contribution in [0.1, 0.15) is 5.69 Å². The Hall–Kier alpha value is -3.94. The van der Waals surface area contributed by atoms with Crippen molar-refractivity contribution in [2.24, 2.45) is 0 Å². The van der Waals surface area contributed by atoms with Crippen molar-refractivity contribution in [3.05, 3.63) is 66.7 Å². The Morgan fingerprint density at radius 2 is 1.30 bits per heavy atom. The summed E-state index contributed by atoms with van der Waals surface area (Å²) in [6, 6.07) is 14.0. The molecule has 132 valence electrons. The molecule has 0 aliphatic carbocycles. The summed E-state index contributed by atoms with van der Waals surface area (Å²) in [5.41, 5.74) is 7.63. The van der Waals surface area contributed by atoms with Gasteiger partial charge in [0.05, 0.1) is 34.0 Å². The van der Waals surface area contributed by atoms with Crippen LogP contribution in [-0.4, -0.2) is 40.4 Å². The minimum atomic E-state index is 0.826. The molecule has 8 heteroatoms. The van der Waals surface area contributed by atoms with Crippen molar-refractivity contribution in [3.63, 3.8) is 0 Å². The lowest BCUT2D eigenvalue weighted by Gasteiger charge is -2.06. The topological polar surface area (TPSA) is 104 Å². The first kappa shape index (κ1) is 15.3. The lowest BCUT2D eigenvalue weighted by Crippen LogP contribution is -1.99. The van der Waals surface area contributed by atoms with Crippen LogP contribution in [0.3, 0.4) is 0 Å². The highest BCUT2D eigenvalue weighted by molar-refractivity contribution is 5.79. The lowest BCUT2D eigenvalue weighted by atomic mass is 10.1. The largest absolute Gasteiger partial charge is 0.278 e. The number of aromatic amines is 3. The Morgan fingerprint density at radius 1 is 0.704 bits per heavy atom. The molecule has 0 aliphatic heterocycles. The number of benzene rings is 1. The highest BCUT2D eigenvalue weighted by Crippen LogP contribution is 2.33. The molecular formula is C19H16N8. The summed E-state index contributed by atoms with van der Waals surface area (Å²) in [5.74, 6) is 0. The van der Waals surface area contributed by atoms with Crippen LogP contribution in [0.25, 0.3) is 39.6 Å². The fourth-order valence-corrected chi connectivity index (χ4v) is 3.25. The summed E-state index contributed by atoms with van der Waals surface area (Å²) in [4.78, 5) is 0. The van der Waals surface area contributed by atoms with E-state index in [4.69, 9.17) is 5.10 Å². The minimum absolute atomic E-state index is 0.826. The van der Waals surface area contributed by atoms with Crippen molar-refractivity contribution in [2.75, 3.05) is 0 Å². The van der Waals surface area contributed by atoms with E-state index in [9.17, 15) is 0 Å². The monoisotopic (exact) mass is 356 g/mol. The van der Waals surface area contributed by atoms with Gasteiger partial charge in [-0.15, -0.1) is 0 Å². The number of H-pyrrole nitrogens is 3. The maximum atomic E-state index is 4.85. The van der Waals surface area contributed by atoms with Gasteiger partial charge in [0.1, 0.15) is 5.69 Å². The first-order chi connectivity index (χ1) is 13.3. The molecule has 27 heavy (non-hydrogen) atoms. The van der Waals surface area contributed by atoms with Crippen molar-refractivity contribution < 1.29 is 0 Å². The zero-order valence-corrected chi connectivity index (χ0v) is 14.5. The van der Waals surface area contributed by atoms with Gasteiger partial charge in [0.2, 0.25) is 0 Å². The van der Waals surface area contributed by atoms with Crippen LogP contribution < -0.4 is 0 Å². The summed E-state index contributed by atoms with van der Waals surface area (Å²) in [6.07, 6.45) is 5.20. The van der Waals surface area contributed by atoms with Gasteiger partial charge in [-0.2, -0.15) is 20.4 Å². The first-order valence-corrected chi connectivity index (χ1v) is 8.50. The van der Waals surface area contributed by atoms with Crippen molar-refractivity contribution in [2.45, 2.75) is 6.92 Å². The third-order valence-corrected chi connectivity index (χ3v) is 4.57. The molecular weight excluding hydrogens is 340 g/mol. The Morgan fingerprint density at radius 3 is 1.89 bits per heavy atom. The Labute approximate surface area is 154 Å². The predicted octanol–water partition coefficient (Wildman–Crippen LogP) is 3.35. The molecule has 0 radical (unpaired) electrons. The highest BCUT2D eigenvalue weighted by Gasteiger charge is 2.20. The summed E-state index contributed by atoms with van der Waals surface area (Å²) in [5, 5.41) is 26.0. The van der Waals surface area contributed by atoms with Crippen molar-refractivity contribution in [3.8, 4) is 39.6 Å². The Kier molecular flexibility index (Phi) is 3.46. The molecule has 0 atom stereocenters. The number of hydrogen-bond donors (Lipinski definition) is 3. The van der Waals surface area contributed by atoms with Gasteiger partial charge in [-0.25, -0.2) is 4.68 Å². The van der Waals surface area contributed by atoms with Crippen molar-refractivity contribution >= 4 is 0 Å². The second-order valence-corrected chi connectivity index (χ2v) is 6.18. The quantitative estimate of drug-likeness (QED) is 0.459. The van der Waals surface area contributed by atoms with E-state index in [0.29, 0.717) is 0 Å². The SMILES string of the molecule is Cc1c(-c2ccn[nH]2)c(-c2ccn[nH]2)nn1-c1ccc(-c2ccn[nH]2)cc1. The van der Waals surface area contributed by atoms with Crippen LogP contribution >= 0.6 is 0 Å². The molecule has 5 rings (SSSR count). The number of hydrogen-bond acceptors (Lipinski definition) is 4. The molecule has 8 nitrogen and oxygen atoms in total. The van der Waals surface area contributed by atoms with E-state index in [1.807, 2.05) is 41.9 Å². The zero-order chi connectivity index (χ0) is 18.2. The third-order valence-electron chi connectivity index (χ3n) is 4.57. The van der Waals surface area contributed by atoms with Gasteiger partial charge in [-0.3, -0.25) is 15.3 Å². The van der Waals surface area contributed by atoms with E-state index >= 15 is 0 Å². The number of aromatic nitrogens is 8. The molecule has 0 aliphatic rings. The summed E-state index contributed by atoms with van der Waals surface area (Å²) < 4.78 is 1.93. The van der Waals surface area contributed by atoms with Crippen LogP contribution in [0.5, 0.6) is 0 Å². The lowest BCUT2D eigenvalue weighted by molar-refractivity contribution is 0.848. The van der Waals surface area contributed by atoms with E-state index in [0.717, 1.165) is 45.3 Å². The molecule has 0 unspecified atom stereocenters. The zero-order valence-electron chi connectivity index (χ0n) is 14.5. The molecule has 5 aromatic rings. The molecule has 0 fully saturated rings. The Balaban J connectivity index is 1.64. The molecule has 0 bridgehead atoms. The molecule has 0 spiro atoms. The first-order valence-electron chi connectivity index (χ1n) is 8.50. The van der Waals surface area contributed by atoms with Crippen LogP contribution in [0.4, 0.5) is 0 Å². The van der Waals surface area contributed by atoms with E-state index < -0.39 is 0 Å². The molecule has 1 aromatic carbocycles. The molecule has 0 saturated carbocycles. The van der Waals surface area contributed by atoms with E-state index in [-0.39, 0.29) is 0 Å². The fraction of sp³-hybridized carbons (Fsp3) is 0.0526. The highest BCUT2D eigenvalue weighted by atomic mass is 15.3. The van der Waals surface area contributed by atoms with Gasteiger partial charge < -0.3 is 0 Å². The molecule has 4 aromatic heterocycles. The standard InChI is InChI=1S/C19H16N8/c1-12-18(16-7-10-21-24-16)19(17-8-11-22-25-17)26-27(12)14-4-2-13(3-5-14)15-6-9-20-23-15/h2-11H,1H3,(H,20,23)(H,21,24)(H,22,25).